The summed E-state index contributed by atoms with van der Waals surface area (Å²) in [6.07, 6.45) is 0.489. The molecule has 186 valence electrons. The number of carbonyl (C=O) groups is 2. The smallest absolute Gasteiger partial charge is 0.304 e. The van der Waals surface area contributed by atoms with Crippen LogP contribution < -0.4 is 9.62 Å². The molecule has 1 unspecified atom stereocenters. The number of nitrogens with one attached hydrogen (secondary N) is 1. The van der Waals surface area contributed by atoms with Crippen molar-refractivity contribution in [3.63, 3.8) is 0 Å². The molecule has 1 N–H and O–H groups in total. The molecule has 0 bridgehead atoms. The first-order valence-electron chi connectivity index (χ1n) is 11.0. The lowest BCUT2D eigenvalue weighted by Gasteiger charge is -2.33. The van der Waals surface area contributed by atoms with E-state index < -0.39 is 34.5 Å². The van der Waals surface area contributed by atoms with Crippen molar-refractivity contribution in [2.24, 2.45) is 0 Å². The molecule has 0 radical (unpaired) electrons. The number of rotatable bonds is 11. The highest BCUT2D eigenvalue weighted by atomic mass is 32.2. The normalized spacial score (nSPS) is 12.5. The van der Waals surface area contributed by atoms with Crippen LogP contribution in [0.25, 0.3) is 0 Å². The number of benzene rings is 2. The Morgan fingerprint density at radius 3 is 2.09 bits per heavy atom. The molecule has 0 aliphatic heterocycles. The minimum Gasteiger partial charge on any atom is -0.352 e. The number of hydrogen-bond acceptors (Lipinski definition) is 4. The molecule has 2 rings (SSSR count). The fourth-order valence-corrected chi connectivity index (χ4v) is 4.36. The summed E-state index contributed by atoms with van der Waals surface area (Å²) in [6, 6.07) is 13.4. The average molecular weight is 493 g/mol. The highest BCUT2D eigenvalue weighted by Gasteiger charge is 2.32. The summed E-state index contributed by atoms with van der Waals surface area (Å²) in [5.41, 5.74) is 1.12. The third-order valence-electron chi connectivity index (χ3n) is 5.22. The number of anilines is 1. The standard InChI is InChI=1S/C24H33FN4O4S/c1-18(2)26-24(31)19(3)28(16-15-20-9-7-6-8-10-20)23(30)17-29(34(32,33)27(4)5)22-13-11-21(25)12-14-22/h6-14,18-19H,15-17H2,1-5H3,(H,26,31). The van der Waals surface area contributed by atoms with E-state index in [0.717, 1.165) is 26.3 Å². The van der Waals surface area contributed by atoms with Crippen LogP contribution in [-0.2, 0) is 26.2 Å². The van der Waals surface area contributed by atoms with Gasteiger partial charge >= 0.3 is 10.2 Å². The third kappa shape index (κ3) is 7.26. The van der Waals surface area contributed by atoms with Gasteiger partial charge in [0, 0.05) is 26.7 Å². The van der Waals surface area contributed by atoms with Gasteiger partial charge in [-0.05, 0) is 57.0 Å². The van der Waals surface area contributed by atoms with Crippen LogP contribution in [0.4, 0.5) is 10.1 Å². The van der Waals surface area contributed by atoms with Crippen molar-refractivity contribution in [3.05, 3.63) is 66.0 Å². The van der Waals surface area contributed by atoms with E-state index in [4.69, 9.17) is 0 Å². The molecule has 0 heterocycles. The van der Waals surface area contributed by atoms with E-state index in [1.807, 2.05) is 44.2 Å². The molecule has 2 aromatic rings. The Morgan fingerprint density at radius 1 is 0.971 bits per heavy atom. The van der Waals surface area contributed by atoms with Crippen molar-refractivity contribution in [1.29, 1.82) is 0 Å². The number of carbonyl (C=O) groups excluding carboxylic acids is 2. The summed E-state index contributed by atoms with van der Waals surface area (Å²) in [5.74, 6) is -1.40. The number of hydrogen-bond donors (Lipinski definition) is 1. The molecular formula is C24H33FN4O4S. The lowest BCUT2D eigenvalue weighted by molar-refractivity contribution is -0.139. The Kier molecular flexibility index (Phi) is 9.57. The monoisotopic (exact) mass is 492 g/mol. The zero-order valence-electron chi connectivity index (χ0n) is 20.2. The fraction of sp³-hybridized carbons (Fsp3) is 0.417. The lowest BCUT2D eigenvalue weighted by atomic mass is 10.1. The van der Waals surface area contributed by atoms with Gasteiger partial charge in [0.15, 0.2) is 0 Å². The van der Waals surface area contributed by atoms with Crippen molar-refractivity contribution in [2.45, 2.75) is 39.3 Å². The Labute approximate surface area is 201 Å². The van der Waals surface area contributed by atoms with E-state index in [0.29, 0.717) is 6.42 Å². The van der Waals surface area contributed by atoms with Gasteiger partial charge in [0.25, 0.3) is 0 Å². The Morgan fingerprint density at radius 2 is 1.56 bits per heavy atom. The molecule has 0 saturated heterocycles. The molecule has 0 aliphatic carbocycles. The fourth-order valence-electron chi connectivity index (χ4n) is 3.30. The van der Waals surface area contributed by atoms with Crippen molar-refractivity contribution in [2.75, 3.05) is 31.5 Å². The molecule has 2 amide bonds. The molecule has 2 aromatic carbocycles. The first kappa shape index (κ1) is 27.3. The Balaban J connectivity index is 2.36. The van der Waals surface area contributed by atoms with Gasteiger partial charge in [-0.15, -0.1) is 0 Å². The van der Waals surface area contributed by atoms with E-state index in [2.05, 4.69) is 5.32 Å². The number of nitrogens with zero attached hydrogens (tertiary/aromatic N) is 3. The van der Waals surface area contributed by atoms with Crippen LogP contribution in [0.3, 0.4) is 0 Å². The topological polar surface area (TPSA) is 90.0 Å². The minimum atomic E-state index is -4.07. The first-order valence-corrected chi connectivity index (χ1v) is 12.4. The summed E-state index contributed by atoms with van der Waals surface area (Å²) < 4.78 is 41.4. The van der Waals surface area contributed by atoms with Crippen molar-refractivity contribution >= 4 is 27.7 Å². The first-order chi connectivity index (χ1) is 15.9. The SMILES string of the molecule is CC(C)NC(=O)C(C)N(CCc1ccccc1)C(=O)CN(c1ccc(F)cc1)S(=O)(=O)N(C)C. The van der Waals surface area contributed by atoms with E-state index in [-0.39, 0.29) is 24.2 Å². The van der Waals surface area contributed by atoms with Gasteiger partial charge < -0.3 is 10.2 Å². The molecule has 0 aromatic heterocycles. The molecule has 1 atom stereocenters. The maximum atomic E-state index is 13.5. The zero-order chi connectivity index (χ0) is 25.5. The summed E-state index contributed by atoms with van der Waals surface area (Å²) in [6.45, 7) is 4.93. The highest BCUT2D eigenvalue weighted by molar-refractivity contribution is 7.90. The summed E-state index contributed by atoms with van der Waals surface area (Å²) in [7, 11) is -1.37. The highest BCUT2D eigenvalue weighted by Crippen LogP contribution is 2.21. The van der Waals surface area contributed by atoms with Gasteiger partial charge in [-0.2, -0.15) is 12.7 Å². The summed E-state index contributed by atoms with van der Waals surface area (Å²) in [5, 5.41) is 2.80. The van der Waals surface area contributed by atoms with E-state index in [1.165, 1.54) is 31.1 Å². The van der Waals surface area contributed by atoms with Crippen LogP contribution in [0.5, 0.6) is 0 Å². The molecule has 10 heteroatoms. The predicted molar refractivity (Wildman–Crippen MR) is 131 cm³/mol. The van der Waals surface area contributed by atoms with Crippen molar-refractivity contribution in [3.8, 4) is 0 Å². The van der Waals surface area contributed by atoms with Gasteiger partial charge in [0.1, 0.15) is 18.4 Å². The second-order valence-corrected chi connectivity index (χ2v) is 10.5. The molecule has 0 aliphatic rings. The number of halogens is 1. The maximum Gasteiger partial charge on any atom is 0.304 e. The van der Waals surface area contributed by atoms with Crippen LogP contribution in [0, 0.1) is 5.82 Å². The molecule has 0 saturated carbocycles. The van der Waals surface area contributed by atoms with E-state index in [1.54, 1.807) is 6.92 Å². The lowest BCUT2D eigenvalue weighted by Crippen LogP contribution is -2.54. The summed E-state index contributed by atoms with van der Waals surface area (Å²) in [4.78, 5) is 27.6. The van der Waals surface area contributed by atoms with Gasteiger partial charge in [-0.1, -0.05) is 30.3 Å². The van der Waals surface area contributed by atoms with Crippen molar-refractivity contribution < 1.29 is 22.4 Å². The zero-order valence-corrected chi connectivity index (χ0v) is 21.0. The van der Waals surface area contributed by atoms with Gasteiger partial charge in [0.2, 0.25) is 11.8 Å². The third-order valence-corrected chi connectivity index (χ3v) is 7.04. The molecule has 8 nitrogen and oxygen atoms in total. The quantitative estimate of drug-likeness (QED) is 0.522. The number of amides is 2. The maximum absolute atomic E-state index is 13.5. The minimum absolute atomic E-state index is 0.120. The van der Waals surface area contributed by atoms with Gasteiger partial charge in [0.05, 0.1) is 5.69 Å². The average Bonchev–Trinajstić information content (AvgIpc) is 2.78. The molecule has 34 heavy (non-hydrogen) atoms. The molecular weight excluding hydrogens is 459 g/mol. The van der Waals surface area contributed by atoms with Crippen LogP contribution in [0.2, 0.25) is 0 Å². The Hall–Kier alpha value is -2.98. The molecule has 0 spiro atoms. The van der Waals surface area contributed by atoms with Gasteiger partial charge in [-0.25, -0.2) is 8.70 Å². The summed E-state index contributed by atoms with van der Waals surface area (Å²) >= 11 is 0. The van der Waals surface area contributed by atoms with Crippen molar-refractivity contribution in [1.82, 2.24) is 14.5 Å². The van der Waals surface area contributed by atoms with Crippen LogP contribution in [0.1, 0.15) is 26.3 Å². The second-order valence-electron chi connectivity index (χ2n) is 8.44. The van der Waals surface area contributed by atoms with Gasteiger partial charge in [-0.3, -0.25) is 9.59 Å². The van der Waals surface area contributed by atoms with E-state index >= 15 is 0 Å². The van der Waals surface area contributed by atoms with Crippen LogP contribution in [0.15, 0.2) is 54.6 Å². The van der Waals surface area contributed by atoms with Crippen LogP contribution >= 0.6 is 0 Å². The largest absolute Gasteiger partial charge is 0.352 e. The van der Waals surface area contributed by atoms with E-state index in [9.17, 15) is 22.4 Å². The second kappa shape index (κ2) is 11.9. The predicted octanol–water partition coefficient (Wildman–Crippen LogP) is 2.42. The Bertz CT molecular complexity index is 1060. The molecule has 0 fully saturated rings. The van der Waals surface area contributed by atoms with Crippen LogP contribution in [-0.4, -0.2) is 68.7 Å².